The van der Waals surface area contributed by atoms with Crippen molar-refractivity contribution in [2.75, 3.05) is 0 Å². The van der Waals surface area contributed by atoms with Crippen LogP contribution in [0.25, 0.3) is 71.3 Å². The van der Waals surface area contributed by atoms with Gasteiger partial charge in [0.15, 0.2) is 12.0 Å². The van der Waals surface area contributed by atoms with Crippen molar-refractivity contribution in [3.8, 4) is 11.1 Å². The molecule has 0 fully saturated rings. The molecule has 7 aromatic carbocycles. The summed E-state index contributed by atoms with van der Waals surface area (Å²) in [5.41, 5.74) is 10.5. The predicted molar refractivity (Wildman–Crippen MR) is 224 cm³/mol. The van der Waals surface area contributed by atoms with Crippen molar-refractivity contribution in [3.63, 3.8) is 0 Å². The van der Waals surface area contributed by atoms with E-state index in [0.717, 1.165) is 100 Å². The highest BCUT2D eigenvalue weighted by Gasteiger charge is 2.26. The molecule has 9 aromatic rings. The minimum absolute atomic E-state index is 0.449. The molecule has 258 valence electrons. The Hall–Kier alpha value is -7.42. The molecular formula is C50H31N3O2. The van der Waals surface area contributed by atoms with E-state index in [9.17, 15) is 0 Å². The maximum Gasteiger partial charge on any atom is 0.159 e. The van der Waals surface area contributed by atoms with E-state index in [1.165, 1.54) is 5.39 Å². The number of allylic oxidation sites excluding steroid dienone is 4. The number of benzene rings is 6. The minimum atomic E-state index is -0.449. The second kappa shape index (κ2) is 12.6. The topological polar surface area (TPSA) is 63.0 Å². The fourth-order valence-corrected chi connectivity index (χ4v) is 8.03. The molecule has 5 heteroatoms. The molecule has 1 unspecified atom stereocenters. The number of fused-ring (bicyclic) bond motifs is 7. The number of nitrogens with zero attached hydrogens (tertiary/aromatic N) is 2. The summed E-state index contributed by atoms with van der Waals surface area (Å²) < 4.78 is 13.1. The molecule has 1 aliphatic carbocycles. The van der Waals surface area contributed by atoms with E-state index in [2.05, 4.69) is 145 Å². The summed E-state index contributed by atoms with van der Waals surface area (Å²) in [4.78, 5) is 10.5. The predicted octanol–water partition coefficient (Wildman–Crippen LogP) is 12.3. The van der Waals surface area contributed by atoms with Crippen molar-refractivity contribution in [3.05, 3.63) is 198 Å². The van der Waals surface area contributed by atoms with Gasteiger partial charge in [-0.25, -0.2) is 9.98 Å². The van der Waals surface area contributed by atoms with Crippen molar-refractivity contribution in [1.82, 2.24) is 5.32 Å². The molecular weight excluding hydrogens is 675 g/mol. The first-order chi connectivity index (χ1) is 27.2. The Balaban J connectivity index is 1.06. The van der Waals surface area contributed by atoms with Crippen LogP contribution in [0.2, 0.25) is 0 Å². The van der Waals surface area contributed by atoms with Gasteiger partial charge in [0, 0.05) is 49.4 Å². The normalized spacial score (nSPS) is 15.7. The van der Waals surface area contributed by atoms with E-state index in [0.29, 0.717) is 5.84 Å². The van der Waals surface area contributed by atoms with Crippen LogP contribution in [-0.4, -0.2) is 11.7 Å². The van der Waals surface area contributed by atoms with E-state index in [1.807, 2.05) is 36.4 Å². The Morgan fingerprint density at radius 3 is 2.42 bits per heavy atom. The van der Waals surface area contributed by atoms with Gasteiger partial charge >= 0.3 is 0 Å². The van der Waals surface area contributed by atoms with Crippen LogP contribution in [0.1, 0.15) is 29.3 Å². The van der Waals surface area contributed by atoms with Gasteiger partial charge in [0.05, 0.1) is 0 Å². The zero-order valence-electron chi connectivity index (χ0n) is 29.6. The Kier molecular flexibility index (Phi) is 7.14. The number of aliphatic imine (C=N–C) groups is 2. The molecule has 1 aliphatic heterocycles. The van der Waals surface area contributed by atoms with Crippen LogP contribution in [0.5, 0.6) is 0 Å². The monoisotopic (exact) mass is 705 g/mol. The lowest BCUT2D eigenvalue weighted by Gasteiger charge is -2.24. The molecule has 0 bridgehead atoms. The highest BCUT2D eigenvalue weighted by molar-refractivity contribution is 6.17. The van der Waals surface area contributed by atoms with Crippen LogP contribution in [0.15, 0.2) is 188 Å². The highest BCUT2D eigenvalue weighted by Crippen LogP contribution is 2.41. The Morgan fingerprint density at radius 2 is 1.47 bits per heavy atom. The van der Waals surface area contributed by atoms with Gasteiger partial charge in [0.1, 0.15) is 28.2 Å². The van der Waals surface area contributed by atoms with E-state index in [4.69, 9.17) is 18.8 Å². The van der Waals surface area contributed by atoms with Crippen molar-refractivity contribution in [2.45, 2.75) is 12.6 Å². The third-order valence-electron chi connectivity index (χ3n) is 10.6. The maximum absolute atomic E-state index is 6.60. The summed E-state index contributed by atoms with van der Waals surface area (Å²) in [6, 6.07) is 54.2. The van der Waals surface area contributed by atoms with Crippen molar-refractivity contribution < 1.29 is 8.83 Å². The minimum Gasteiger partial charge on any atom is -0.456 e. The van der Waals surface area contributed by atoms with Gasteiger partial charge in [-0.3, -0.25) is 0 Å². The summed E-state index contributed by atoms with van der Waals surface area (Å²) in [7, 11) is 0. The number of hydrogen-bond acceptors (Lipinski definition) is 5. The smallest absolute Gasteiger partial charge is 0.159 e. The number of amidine groups is 2. The van der Waals surface area contributed by atoms with E-state index < -0.39 is 6.17 Å². The van der Waals surface area contributed by atoms with Gasteiger partial charge in [-0.15, -0.1) is 0 Å². The molecule has 0 amide bonds. The Labute approximate surface area is 317 Å². The molecule has 5 nitrogen and oxygen atoms in total. The van der Waals surface area contributed by atoms with Crippen LogP contribution in [0.3, 0.4) is 0 Å². The SMILES string of the molecule is c1cccc(-c2cccc3c2oc2cccc(C4=CC(C5=NC(c6ccc7ccccc7c6)=NC(c6cccc7c6oc6ccccc67)N5)=CC=CC4)c23)c#1. The van der Waals surface area contributed by atoms with Gasteiger partial charge < -0.3 is 14.2 Å². The summed E-state index contributed by atoms with van der Waals surface area (Å²) in [6.45, 7) is 0. The first-order valence-corrected chi connectivity index (χ1v) is 18.5. The second-order valence-corrected chi connectivity index (χ2v) is 13.9. The van der Waals surface area contributed by atoms with Gasteiger partial charge in [-0.2, -0.15) is 0 Å². The van der Waals surface area contributed by atoms with E-state index in [1.54, 1.807) is 0 Å². The average Bonchev–Trinajstić information content (AvgIpc) is 3.73. The molecule has 11 rings (SSSR count). The molecule has 2 aromatic heterocycles. The molecule has 55 heavy (non-hydrogen) atoms. The summed E-state index contributed by atoms with van der Waals surface area (Å²) in [5.74, 6) is 1.40. The third-order valence-corrected chi connectivity index (χ3v) is 10.6. The second-order valence-electron chi connectivity index (χ2n) is 13.9. The van der Waals surface area contributed by atoms with Crippen molar-refractivity contribution in [2.24, 2.45) is 9.98 Å². The van der Waals surface area contributed by atoms with Crippen LogP contribution in [0, 0.1) is 12.1 Å². The number of furan rings is 2. The molecule has 0 saturated carbocycles. The summed E-state index contributed by atoms with van der Waals surface area (Å²) in [5, 5.41) is 10.3. The summed E-state index contributed by atoms with van der Waals surface area (Å²) in [6.07, 6.45) is 9.00. The molecule has 0 saturated heterocycles. The lowest BCUT2D eigenvalue weighted by Crippen LogP contribution is -2.34. The van der Waals surface area contributed by atoms with Gasteiger partial charge in [0.25, 0.3) is 0 Å². The number of para-hydroxylation sites is 3. The maximum atomic E-state index is 6.60. The number of hydrogen-bond donors (Lipinski definition) is 1. The highest BCUT2D eigenvalue weighted by atomic mass is 16.3. The van der Waals surface area contributed by atoms with Crippen LogP contribution in [0.4, 0.5) is 0 Å². The van der Waals surface area contributed by atoms with Crippen LogP contribution < -0.4 is 5.32 Å². The van der Waals surface area contributed by atoms with Gasteiger partial charge in [-0.05, 0) is 70.8 Å². The number of rotatable bonds is 5. The molecule has 1 atom stereocenters. The Bertz CT molecular complexity index is 3160. The van der Waals surface area contributed by atoms with Crippen molar-refractivity contribution >= 4 is 71.9 Å². The van der Waals surface area contributed by atoms with Crippen molar-refractivity contribution in [1.29, 1.82) is 0 Å². The third kappa shape index (κ3) is 5.27. The molecule has 1 N–H and O–H groups in total. The first-order valence-electron chi connectivity index (χ1n) is 18.5. The van der Waals surface area contributed by atoms with Gasteiger partial charge in [-0.1, -0.05) is 133 Å². The lowest BCUT2D eigenvalue weighted by molar-refractivity contribution is 0.628. The lowest BCUT2D eigenvalue weighted by atomic mass is 9.94. The molecule has 3 heterocycles. The molecule has 2 aliphatic rings. The zero-order valence-corrected chi connectivity index (χ0v) is 29.6. The molecule has 0 radical (unpaired) electrons. The standard InChI is InChI=1S/C50H31N3O2/c1-2-14-32(15-3-1)38-21-10-23-41-45-37(20-12-26-44(45)55-46(38)41)34-17-6-7-18-35(30-34)48-51-49(36-28-27-31-13-4-5-16-33(31)29-36)53-50(52-48)42-24-11-22-40-39-19-8-9-25-43(39)54-47(40)42/h1-2,4-14,16,18-30,50H,17H2,(H,51,52,53). The zero-order chi connectivity index (χ0) is 36.3. The first kappa shape index (κ1) is 31.1. The van der Waals surface area contributed by atoms with Gasteiger partial charge in [0.2, 0.25) is 0 Å². The number of nitrogens with one attached hydrogen (secondary N) is 1. The largest absolute Gasteiger partial charge is 0.456 e. The quantitative estimate of drug-likeness (QED) is 0.194. The van der Waals surface area contributed by atoms with Crippen LogP contribution in [-0.2, 0) is 0 Å². The van der Waals surface area contributed by atoms with E-state index in [-0.39, 0.29) is 0 Å². The van der Waals surface area contributed by atoms with Crippen LogP contribution >= 0.6 is 0 Å². The van der Waals surface area contributed by atoms with E-state index >= 15 is 0 Å². The molecule has 0 spiro atoms. The average molecular weight is 706 g/mol. The fourth-order valence-electron chi connectivity index (χ4n) is 8.03. The summed E-state index contributed by atoms with van der Waals surface area (Å²) >= 11 is 0. The fraction of sp³-hybridized carbons (Fsp3) is 0.0400. The Morgan fingerprint density at radius 1 is 0.673 bits per heavy atom.